The number of nitrogens with one attached hydrogen (secondary N) is 1. The molecular formula is C21H27NO2. The maximum atomic E-state index is 6.02. The van der Waals surface area contributed by atoms with E-state index in [2.05, 4.69) is 30.4 Å². The zero-order chi connectivity index (χ0) is 16.6. The van der Waals surface area contributed by atoms with Gasteiger partial charge in [0, 0.05) is 19.0 Å². The molecule has 1 fully saturated rings. The predicted octanol–water partition coefficient (Wildman–Crippen LogP) is 4.22. The molecule has 0 spiro atoms. The third kappa shape index (κ3) is 4.75. The van der Waals surface area contributed by atoms with Crippen LogP contribution < -0.4 is 14.8 Å². The quantitative estimate of drug-likeness (QED) is 0.737. The highest BCUT2D eigenvalue weighted by Crippen LogP contribution is 2.21. The van der Waals surface area contributed by atoms with Gasteiger partial charge in [0.2, 0.25) is 0 Å². The molecule has 3 rings (SSSR count). The zero-order valence-corrected chi connectivity index (χ0v) is 14.4. The minimum Gasteiger partial charge on any atom is -0.493 e. The molecule has 0 aromatic heterocycles. The van der Waals surface area contributed by atoms with Crippen LogP contribution in [-0.4, -0.2) is 25.3 Å². The number of hydrogen-bond donors (Lipinski definition) is 1. The lowest BCUT2D eigenvalue weighted by molar-refractivity contribution is 0.218. The highest BCUT2D eigenvalue weighted by Gasteiger charge is 2.25. The summed E-state index contributed by atoms with van der Waals surface area (Å²) >= 11 is 0. The van der Waals surface area contributed by atoms with Gasteiger partial charge in [0.15, 0.2) is 0 Å². The average molecular weight is 325 g/mol. The van der Waals surface area contributed by atoms with Crippen LogP contribution >= 0.6 is 0 Å². The van der Waals surface area contributed by atoms with E-state index in [1.807, 2.05) is 36.4 Å². The highest BCUT2D eigenvalue weighted by atomic mass is 16.5. The van der Waals surface area contributed by atoms with Gasteiger partial charge in [0.05, 0.1) is 6.61 Å². The molecule has 0 amide bonds. The predicted molar refractivity (Wildman–Crippen MR) is 97.8 cm³/mol. The molecule has 0 aliphatic carbocycles. The lowest BCUT2D eigenvalue weighted by atomic mass is 10.1. The second-order valence-corrected chi connectivity index (χ2v) is 6.35. The molecular weight excluding hydrogens is 298 g/mol. The van der Waals surface area contributed by atoms with Gasteiger partial charge in [-0.2, -0.15) is 0 Å². The van der Waals surface area contributed by atoms with Crippen molar-refractivity contribution in [2.24, 2.45) is 0 Å². The van der Waals surface area contributed by atoms with Gasteiger partial charge in [-0.25, -0.2) is 0 Å². The van der Waals surface area contributed by atoms with Crippen molar-refractivity contribution in [3.8, 4) is 11.5 Å². The van der Waals surface area contributed by atoms with Crippen molar-refractivity contribution in [1.29, 1.82) is 0 Å². The van der Waals surface area contributed by atoms with E-state index >= 15 is 0 Å². The molecule has 2 aromatic rings. The van der Waals surface area contributed by atoms with Gasteiger partial charge in [-0.15, -0.1) is 0 Å². The first-order valence-electron chi connectivity index (χ1n) is 9.01. The number of hydrogen-bond acceptors (Lipinski definition) is 3. The molecule has 0 saturated carbocycles. The number of aryl methyl sites for hydroxylation is 1. The molecule has 1 heterocycles. The van der Waals surface area contributed by atoms with Gasteiger partial charge in [-0.1, -0.05) is 43.3 Å². The first kappa shape index (κ1) is 16.8. The van der Waals surface area contributed by atoms with Crippen LogP contribution in [0.5, 0.6) is 11.5 Å². The van der Waals surface area contributed by atoms with Crippen LogP contribution in [-0.2, 0) is 6.42 Å². The van der Waals surface area contributed by atoms with Gasteiger partial charge in [0.1, 0.15) is 17.6 Å². The maximum absolute atomic E-state index is 6.02. The van der Waals surface area contributed by atoms with Gasteiger partial charge in [-0.3, -0.25) is 0 Å². The first-order valence-corrected chi connectivity index (χ1v) is 9.01. The van der Waals surface area contributed by atoms with E-state index < -0.39 is 0 Å². The second-order valence-electron chi connectivity index (χ2n) is 6.35. The summed E-state index contributed by atoms with van der Waals surface area (Å²) < 4.78 is 12.0. The minimum absolute atomic E-state index is 0.277. The maximum Gasteiger partial charge on any atom is 0.122 e. The Morgan fingerprint density at radius 3 is 2.67 bits per heavy atom. The number of ether oxygens (including phenoxy) is 2. The third-order valence-electron chi connectivity index (χ3n) is 4.54. The smallest absolute Gasteiger partial charge is 0.122 e. The molecule has 0 unspecified atom stereocenters. The molecule has 0 radical (unpaired) electrons. The lowest BCUT2D eigenvalue weighted by Gasteiger charge is -2.14. The molecule has 0 bridgehead atoms. The molecule has 3 heteroatoms. The molecule has 1 aliphatic rings. The molecule has 1 N–H and O–H groups in total. The number of rotatable bonds is 8. The Morgan fingerprint density at radius 2 is 1.83 bits per heavy atom. The second kappa shape index (κ2) is 8.74. The zero-order valence-electron chi connectivity index (χ0n) is 14.4. The van der Waals surface area contributed by atoms with Crippen molar-refractivity contribution in [3.63, 3.8) is 0 Å². The summed E-state index contributed by atoms with van der Waals surface area (Å²) in [5.41, 5.74) is 1.29. The van der Waals surface area contributed by atoms with Crippen molar-refractivity contribution in [2.45, 2.75) is 44.8 Å². The Labute approximate surface area is 145 Å². The van der Waals surface area contributed by atoms with Crippen LogP contribution in [0.1, 0.15) is 31.7 Å². The van der Waals surface area contributed by atoms with E-state index in [1.54, 1.807) is 0 Å². The largest absolute Gasteiger partial charge is 0.493 e. The standard InChI is InChI=1S/C21H27NO2/c1-2-17-9-6-7-13-21(17)23-14-8-10-18-15-20(16-22-18)24-19-11-4-3-5-12-19/h3-7,9,11-13,18,20,22H,2,8,10,14-16H2,1H3/t18-,20-/m0/s1. The third-order valence-corrected chi connectivity index (χ3v) is 4.54. The topological polar surface area (TPSA) is 30.5 Å². The van der Waals surface area contributed by atoms with Gasteiger partial charge in [0.25, 0.3) is 0 Å². The summed E-state index contributed by atoms with van der Waals surface area (Å²) in [6.45, 7) is 3.87. The summed E-state index contributed by atoms with van der Waals surface area (Å²) in [7, 11) is 0. The van der Waals surface area contributed by atoms with Crippen molar-refractivity contribution < 1.29 is 9.47 Å². The van der Waals surface area contributed by atoms with Gasteiger partial charge >= 0.3 is 0 Å². The minimum atomic E-state index is 0.277. The fourth-order valence-corrected chi connectivity index (χ4v) is 3.23. The number of para-hydroxylation sites is 2. The van der Waals surface area contributed by atoms with Crippen molar-refractivity contribution in [3.05, 3.63) is 60.2 Å². The van der Waals surface area contributed by atoms with Crippen LogP contribution in [0.25, 0.3) is 0 Å². The average Bonchev–Trinajstić information content (AvgIpc) is 3.07. The monoisotopic (exact) mass is 325 g/mol. The fourth-order valence-electron chi connectivity index (χ4n) is 3.23. The molecule has 128 valence electrons. The Kier molecular flexibility index (Phi) is 6.13. The number of benzene rings is 2. The first-order chi connectivity index (χ1) is 11.8. The van der Waals surface area contributed by atoms with Gasteiger partial charge in [-0.05, 0) is 43.0 Å². The van der Waals surface area contributed by atoms with E-state index in [-0.39, 0.29) is 6.10 Å². The van der Waals surface area contributed by atoms with Crippen LogP contribution in [0.3, 0.4) is 0 Å². The fraction of sp³-hybridized carbons (Fsp3) is 0.429. The molecule has 1 saturated heterocycles. The van der Waals surface area contributed by atoms with Crippen LogP contribution in [0.15, 0.2) is 54.6 Å². The summed E-state index contributed by atoms with van der Waals surface area (Å²) in [6.07, 6.45) is 4.55. The summed E-state index contributed by atoms with van der Waals surface area (Å²) in [6, 6.07) is 18.9. The van der Waals surface area contributed by atoms with Crippen molar-refractivity contribution in [2.75, 3.05) is 13.2 Å². The van der Waals surface area contributed by atoms with E-state index in [0.717, 1.165) is 50.3 Å². The van der Waals surface area contributed by atoms with Crippen LogP contribution in [0.4, 0.5) is 0 Å². The van der Waals surface area contributed by atoms with Crippen molar-refractivity contribution in [1.82, 2.24) is 5.32 Å². The summed E-state index contributed by atoms with van der Waals surface area (Å²) in [4.78, 5) is 0. The molecule has 3 nitrogen and oxygen atoms in total. The van der Waals surface area contributed by atoms with Crippen molar-refractivity contribution >= 4 is 0 Å². The summed E-state index contributed by atoms with van der Waals surface area (Å²) in [5.74, 6) is 1.99. The Bertz CT molecular complexity index is 614. The Morgan fingerprint density at radius 1 is 1.04 bits per heavy atom. The Balaban J connectivity index is 1.36. The van der Waals surface area contributed by atoms with Crippen LogP contribution in [0.2, 0.25) is 0 Å². The molecule has 1 aliphatic heterocycles. The highest BCUT2D eigenvalue weighted by molar-refractivity contribution is 5.33. The normalized spacial score (nSPS) is 20.0. The summed E-state index contributed by atoms with van der Waals surface area (Å²) in [5, 5.41) is 3.57. The SMILES string of the molecule is CCc1ccccc1OCCC[C@H]1C[C@H](Oc2ccccc2)CN1. The molecule has 2 aromatic carbocycles. The molecule has 24 heavy (non-hydrogen) atoms. The van der Waals surface area contributed by atoms with E-state index in [9.17, 15) is 0 Å². The van der Waals surface area contributed by atoms with Gasteiger partial charge < -0.3 is 14.8 Å². The lowest BCUT2D eigenvalue weighted by Crippen LogP contribution is -2.22. The van der Waals surface area contributed by atoms with Crippen LogP contribution in [0, 0.1) is 0 Å². The van der Waals surface area contributed by atoms with E-state index in [4.69, 9.17) is 9.47 Å². The Hall–Kier alpha value is -2.00. The van der Waals surface area contributed by atoms with E-state index in [0.29, 0.717) is 6.04 Å². The van der Waals surface area contributed by atoms with E-state index in [1.165, 1.54) is 5.56 Å². The molecule has 2 atom stereocenters.